The average Bonchev–Trinajstić information content (AvgIpc) is 3.81. The second-order valence-electron chi connectivity index (χ2n) is 10.7. The number of likely N-dealkylation sites (tertiary alicyclic amines) is 1. The first-order valence-electron chi connectivity index (χ1n) is 13.7. The Balaban J connectivity index is 1.39. The maximum Gasteiger partial charge on any atom is 0.262 e. The maximum absolute atomic E-state index is 13.9. The highest BCUT2D eigenvalue weighted by Gasteiger charge is 2.30. The van der Waals surface area contributed by atoms with Gasteiger partial charge in [-0.3, -0.25) is 19.1 Å². The lowest BCUT2D eigenvalue weighted by Crippen LogP contribution is -2.36. The zero-order valence-corrected chi connectivity index (χ0v) is 22.0. The summed E-state index contributed by atoms with van der Waals surface area (Å²) in [6.07, 6.45) is 5.92. The number of amides is 1. The van der Waals surface area contributed by atoms with Crippen LogP contribution in [0.1, 0.15) is 37.7 Å². The minimum absolute atomic E-state index is 0.0193. The van der Waals surface area contributed by atoms with Crippen molar-refractivity contribution in [3.63, 3.8) is 0 Å². The Morgan fingerprint density at radius 2 is 1.63 bits per heavy atom. The molecule has 0 N–H and O–H groups in total. The first-order valence-corrected chi connectivity index (χ1v) is 13.7. The molecule has 0 bridgehead atoms. The molecule has 1 aliphatic carbocycles. The standard InChI is InChI=1S/C32H34N4O2/c1-34(27-14-15-27)30(37)22-36-31(24-10-4-2-5-11-24)33-29-16-13-26(20-28(29)32(36)38)25-12-8-9-23(19-25)21-35-17-6-3-7-18-35/h2,4-5,8-13,16,19-20,27H,3,6-7,14-15,17-18,21-22H2,1H3. The summed E-state index contributed by atoms with van der Waals surface area (Å²) in [6.45, 7) is 3.25. The molecule has 1 aromatic heterocycles. The van der Waals surface area contributed by atoms with Crippen LogP contribution >= 0.6 is 0 Å². The van der Waals surface area contributed by atoms with Gasteiger partial charge in [0.1, 0.15) is 12.4 Å². The van der Waals surface area contributed by atoms with Crippen LogP contribution in [0.3, 0.4) is 0 Å². The van der Waals surface area contributed by atoms with Crippen molar-refractivity contribution in [2.24, 2.45) is 0 Å². The molecule has 2 fully saturated rings. The van der Waals surface area contributed by atoms with Crippen LogP contribution in [-0.4, -0.2) is 51.4 Å². The molecule has 0 spiro atoms. The zero-order chi connectivity index (χ0) is 26.1. The molecule has 2 heterocycles. The number of aromatic nitrogens is 2. The minimum Gasteiger partial charge on any atom is -0.341 e. The molecule has 0 atom stereocenters. The summed E-state index contributed by atoms with van der Waals surface area (Å²) in [7, 11) is 1.83. The van der Waals surface area contributed by atoms with Crippen LogP contribution in [-0.2, 0) is 17.9 Å². The van der Waals surface area contributed by atoms with Gasteiger partial charge in [-0.2, -0.15) is 0 Å². The quantitative estimate of drug-likeness (QED) is 0.340. The van der Waals surface area contributed by atoms with Crippen molar-refractivity contribution in [1.82, 2.24) is 19.4 Å². The molecule has 4 aromatic rings. The van der Waals surface area contributed by atoms with Crippen LogP contribution in [0.4, 0.5) is 0 Å². The number of benzene rings is 3. The molecule has 6 rings (SSSR count). The monoisotopic (exact) mass is 506 g/mol. The van der Waals surface area contributed by atoms with E-state index < -0.39 is 0 Å². The third kappa shape index (κ3) is 5.14. The third-order valence-electron chi connectivity index (χ3n) is 7.88. The van der Waals surface area contributed by atoms with E-state index in [0.717, 1.165) is 49.2 Å². The van der Waals surface area contributed by atoms with Gasteiger partial charge in [0.25, 0.3) is 5.56 Å². The second-order valence-corrected chi connectivity index (χ2v) is 10.7. The van der Waals surface area contributed by atoms with Crippen LogP contribution in [0.2, 0.25) is 0 Å². The highest BCUT2D eigenvalue weighted by Crippen LogP contribution is 2.28. The van der Waals surface area contributed by atoms with E-state index in [4.69, 9.17) is 4.98 Å². The predicted octanol–water partition coefficient (Wildman–Crippen LogP) is 5.34. The topological polar surface area (TPSA) is 58.4 Å². The number of carbonyl (C=O) groups excluding carboxylic acids is 1. The molecule has 194 valence electrons. The van der Waals surface area contributed by atoms with E-state index in [0.29, 0.717) is 16.7 Å². The predicted molar refractivity (Wildman–Crippen MR) is 152 cm³/mol. The lowest BCUT2D eigenvalue weighted by Gasteiger charge is -2.26. The SMILES string of the molecule is CN(C(=O)Cn1c(-c2ccccc2)nc2ccc(-c3cccc(CN4CCCCC4)c3)cc2c1=O)C1CC1. The van der Waals surface area contributed by atoms with Gasteiger partial charge in [-0.15, -0.1) is 0 Å². The molecule has 0 unspecified atom stereocenters. The molecule has 1 saturated heterocycles. The Hall–Kier alpha value is -3.77. The van der Waals surface area contributed by atoms with Crippen LogP contribution in [0.25, 0.3) is 33.4 Å². The van der Waals surface area contributed by atoms with E-state index in [-0.39, 0.29) is 24.1 Å². The van der Waals surface area contributed by atoms with Gasteiger partial charge in [-0.25, -0.2) is 4.98 Å². The molecular formula is C32H34N4O2. The van der Waals surface area contributed by atoms with Gasteiger partial charge in [0, 0.05) is 25.2 Å². The molecule has 38 heavy (non-hydrogen) atoms. The summed E-state index contributed by atoms with van der Waals surface area (Å²) in [4.78, 5) is 36.2. The summed E-state index contributed by atoms with van der Waals surface area (Å²) >= 11 is 0. The van der Waals surface area contributed by atoms with Crippen molar-refractivity contribution in [2.45, 2.75) is 51.2 Å². The number of hydrogen-bond donors (Lipinski definition) is 0. The first kappa shape index (κ1) is 24.6. The Kier molecular flexibility index (Phi) is 6.81. The van der Waals surface area contributed by atoms with E-state index in [2.05, 4.69) is 29.2 Å². The first-order chi connectivity index (χ1) is 18.6. The number of likely N-dealkylation sites (N-methyl/N-ethyl adjacent to an activating group) is 1. The van der Waals surface area contributed by atoms with E-state index >= 15 is 0 Å². The van der Waals surface area contributed by atoms with Gasteiger partial charge in [0.05, 0.1) is 10.9 Å². The molecule has 0 radical (unpaired) electrons. The van der Waals surface area contributed by atoms with Crippen molar-refractivity contribution in [1.29, 1.82) is 0 Å². The summed E-state index contributed by atoms with van der Waals surface area (Å²) < 4.78 is 1.55. The summed E-state index contributed by atoms with van der Waals surface area (Å²) in [6, 6.07) is 24.4. The van der Waals surface area contributed by atoms with Crippen LogP contribution < -0.4 is 5.56 Å². The van der Waals surface area contributed by atoms with Gasteiger partial charge in [0.2, 0.25) is 5.91 Å². The number of fused-ring (bicyclic) bond motifs is 1. The van der Waals surface area contributed by atoms with Gasteiger partial charge >= 0.3 is 0 Å². The number of carbonyl (C=O) groups is 1. The highest BCUT2D eigenvalue weighted by molar-refractivity contribution is 5.86. The van der Waals surface area contributed by atoms with Gasteiger partial charge in [-0.05, 0) is 73.7 Å². The molecule has 6 heteroatoms. The smallest absolute Gasteiger partial charge is 0.262 e. The van der Waals surface area contributed by atoms with Crippen LogP contribution in [0.15, 0.2) is 77.6 Å². The van der Waals surface area contributed by atoms with E-state index in [1.807, 2.05) is 55.6 Å². The highest BCUT2D eigenvalue weighted by atomic mass is 16.2. The van der Waals surface area contributed by atoms with Crippen molar-refractivity contribution in [3.8, 4) is 22.5 Å². The summed E-state index contributed by atoms with van der Waals surface area (Å²) in [5, 5.41) is 0.533. The zero-order valence-electron chi connectivity index (χ0n) is 22.0. The largest absolute Gasteiger partial charge is 0.341 e. The molecule has 1 aliphatic heterocycles. The lowest BCUT2D eigenvalue weighted by atomic mass is 10.0. The van der Waals surface area contributed by atoms with Crippen molar-refractivity contribution in [2.75, 3.05) is 20.1 Å². The Bertz CT molecular complexity index is 1520. The number of nitrogens with zero attached hydrogens (tertiary/aromatic N) is 4. The van der Waals surface area contributed by atoms with Gasteiger partial charge in [-0.1, -0.05) is 61.0 Å². The molecule has 1 amide bonds. The Morgan fingerprint density at radius 1 is 0.895 bits per heavy atom. The minimum atomic E-state index is -0.183. The summed E-state index contributed by atoms with van der Waals surface area (Å²) in [5.74, 6) is 0.464. The maximum atomic E-state index is 13.9. The third-order valence-corrected chi connectivity index (χ3v) is 7.88. The molecule has 1 saturated carbocycles. The average molecular weight is 507 g/mol. The second kappa shape index (κ2) is 10.5. The van der Waals surface area contributed by atoms with E-state index in [9.17, 15) is 9.59 Å². The fraction of sp³-hybridized carbons (Fsp3) is 0.344. The fourth-order valence-corrected chi connectivity index (χ4v) is 5.49. The van der Waals surface area contributed by atoms with Crippen molar-refractivity contribution in [3.05, 3.63) is 88.7 Å². The van der Waals surface area contributed by atoms with E-state index in [1.165, 1.54) is 24.8 Å². The Morgan fingerprint density at radius 3 is 2.39 bits per heavy atom. The van der Waals surface area contributed by atoms with Crippen LogP contribution in [0.5, 0.6) is 0 Å². The molecule has 6 nitrogen and oxygen atoms in total. The molecule has 3 aromatic carbocycles. The number of rotatable bonds is 7. The summed E-state index contributed by atoms with van der Waals surface area (Å²) in [5.41, 5.74) is 4.64. The molecular weight excluding hydrogens is 472 g/mol. The van der Waals surface area contributed by atoms with Crippen molar-refractivity contribution < 1.29 is 4.79 Å². The Labute approximate surface area is 223 Å². The normalized spacial score (nSPS) is 16.0. The van der Waals surface area contributed by atoms with E-state index in [1.54, 1.807) is 9.47 Å². The lowest BCUT2D eigenvalue weighted by molar-refractivity contribution is -0.131. The molecule has 2 aliphatic rings. The number of piperidine rings is 1. The number of hydrogen-bond acceptors (Lipinski definition) is 4. The van der Waals surface area contributed by atoms with Crippen LogP contribution in [0, 0.1) is 0 Å². The fourth-order valence-electron chi connectivity index (χ4n) is 5.49. The van der Waals surface area contributed by atoms with Crippen molar-refractivity contribution >= 4 is 16.8 Å². The van der Waals surface area contributed by atoms with Gasteiger partial charge in [0.15, 0.2) is 0 Å². The van der Waals surface area contributed by atoms with Gasteiger partial charge < -0.3 is 4.90 Å².